The van der Waals surface area contributed by atoms with E-state index in [9.17, 15) is 8.78 Å². The quantitative estimate of drug-likeness (QED) is 0.798. The Bertz CT molecular complexity index is 279. The average molecular weight is 251 g/mol. The molecular formula is C9H9BrF2O. The highest BCUT2D eigenvalue weighted by Gasteiger charge is 2.10. The molecule has 0 saturated carbocycles. The van der Waals surface area contributed by atoms with Crippen LogP contribution < -0.4 is 4.74 Å². The first-order chi connectivity index (χ1) is 6.15. The van der Waals surface area contributed by atoms with E-state index in [2.05, 4.69) is 15.9 Å². The van der Waals surface area contributed by atoms with Gasteiger partial charge in [-0.05, 0) is 18.6 Å². The van der Waals surface area contributed by atoms with E-state index < -0.39 is 11.6 Å². The van der Waals surface area contributed by atoms with Gasteiger partial charge in [-0.2, -0.15) is 0 Å². The lowest BCUT2D eigenvalue weighted by atomic mass is 10.3. The molecule has 0 aliphatic carbocycles. The molecule has 0 heterocycles. The fraction of sp³-hybridized carbons (Fsp3) is 0.333. The lowest BCUT2D eigenvalue weighted by molar-refractivity contribution is 0.284. The van der Waals surface area contributed by atoms with Crippen molar-refractivity contribution in [2.45, 2.75) is 13.3 Å². The van der Waals surface area contributed by atoms with E-state index in [1.54, 1.807) is 0 Å². The number of rotatable bonds is 3. The number of halogens is 3. The molecule has 0 bridgehead atoms. The monoisotopic (exact) mass is 250 g/mol. The third-order valence-electron chi connectivity index (χ3n) is 1.41. The van der Waals surface area contributed by atoms with Gasteiger partial charge >= 0.3 is 0 Å². The molecule has 1 rings (SSSR count). The lowest BCUT2D eigenvalue weighted by Crippen LogP contribution is -2.00. The predicted molar refractivity (Wildman–Crippen MR) is 49.8 cm³/mol. The van der Waals surface area contributed by atoms with E-state index >= 15 is 0 Å². The Morgan fingerprint density at radius 1 is 1.31 bits per heavy atom. The van der Waals surface area contributed by atoms with E-state index in [4.69, 9.17) is 4.74 Å². The van der Waals surface area contributed by atoms with Gasteiger partial charge in [0.1, 0.15) is 0 Å². The molecule has 0 aromatic heterocycles. The van der Waals surface area contributed by atoms with Crippen molar-refractivity contribution < 1.29 is 13.5 Å². The summed E-state index contributed by atoms with van der Waals surface area (Å²) in [6.07, 6.45) is 0.717. The van der Waals surface area contributed by atoms with Gasteiger partial charge in [0.05, 0.1) is 6.61 Å². The van der Waals surface area contributed by atoms with Crippen molar-refractivity contribution in [3.63, 3.8) is 0 Å². The fourth-order valence-corrected chi connectivity index (χ4v) is 1.27. The van der Waals surface area contributed by atoms with Crippen LogP contribution in [0.1, 0.15) is 13.3 Å². The molecule has 13 heavy (non-hydrogen) atoms. The zero-order chi connectivity index (χ0) is 9.84. The summed E-state index contributed by atoms with van der Waals surface area (Å²) >= 11 is 2.98. The van der Waals surface area contributed by atoms with E-state index in [0.717, 1.165) is 6.42 Å². The molecular weight excluding hydrogens is 242 g/mol. The summed E-state index contributed by atoms with van der Waals surface area (Å²) in [6.45, 7) is 2.18. The molecule has 0 saturated heterocycles. The van der Waals surface area contributed by atoms with Gasteiger partial charge < -0.3 is 4.74 Å². The molecule has 4 heteroatoms. The highest BCUT2D eigenvalue weighted by atomic mass is 79.9. The third kappa shape index (κ3) is 2.66. The summed E-state index contributed by atoms with van der Waals surface area (Å²) in [4.78, 5) is 0. The molecule has 0 aliphatic rings. The number of benzene rings is 1. The minimum absolute atomic E-state index is 0.301. The number of hydrogen-bond acceptors (Lipinski definition) is 1. The van der Waals surface area contributed by atoms with Gasteiger partial charge in [-0.25, -0.2) is 8.78 Å². The van der Waals surface area contributed by atoms with Crippen molar-refractivity contribution in [2.75, 3.05) is 6.61 Å². The third-order valence-corrected chi connectivity index (χ3v) is 1.87. The summed E-state index contributed by atoms with van der Waals surface area (Å²) in [6, 6.07) is 2.35. The van der Waals surface area contributed by atoms with Crippen LogP contribution in [0.5, 0.6) is 5.75 Å². The van der Waals surface area contributed by atoms with Crippen molar-refractivity contribution >= 4 is 15.9 Å². The molecule has 0 atom stereocenters. The Labute approximate surface area is 83.8 Å². The van der Waals surface area contributed by atoms with Gasteiger partial charge in [-0.15, -0.1) is 0 Å². The van der Waals surface area contributed by atoms with Crippen LogP contribution in [0, 0.1) is 11.6 Å². The molecule has 0 amide bonds. The molecule has 0 unspecified atom stereocenters. The first-order valence-electron chi connectivity index (χ1n) is 3.92. The molecule has 0 N–H and O–H groups in total. The van der Waals surface area contributed by atoms with Gasteiger partial charge in [0.15, 0.2) is 17.4 Å². The van der Waals surface area contributed by atoms with Crippen LogP contribution in [0.15, 0.2) is 16.6 Å². The van der Waals surface area contributed by atoms with Crippen LogP contribution in [0.3, 0.4) is 0 Å². The van der Waals surface area contributed by atoms with Crippen LogP contribution >= 0.6 is 15.9 Å². The summed E-state index contributed by atoms with van der Waals surface area (Å²) in [5.74, 6) is -1.66. The summed E-state index contributed by atoms with van der Waals surface area (Å²) in [5, 5.41) is 0. The zero-order valence-corrected chi connectivity index (χ0v) is 8.70. The number of ether oxygens (including phenoxy) is 1. The highest BCUT2D eigenvalue weighted by Crippen LogP contribution is 2.25. The van der Waals surface area contributed by atoms with Crippen LogP contribution in [0.4, 0.5) is 8.78 Å². The molecule has 0 aliphatic heterocycles. The normalized spacial score (nSPS) is 10.2. The second-order valence-electron chi connectivity index (χ2n) is 2.55. The molecule has 1 aromatic carbocycles. The highest BCUT2D eigenvalue weighted by molar-refractivity contribution is 9.10. The van der Waals surface area contributed by atoms with E-state index in [1.807, 2.05) is 6.92 Å². The van der Waals surface area contributed by atoms with Crippen LogP contribution in [-0.2, 0) is 0 Å². The maximum absolute atomic E-state index is 13.0. The minimum atomic E-state index is -0.680. The molecule has 1 aromatic rings. The second-order valence-corrected chi connectivity index (χ2v) is 3.46. The van der Waals surface area contributed by atoms with Crippen molar-refractivity contribution in [3.8, 4) is 5.75 Å². The van der Waals surface area contributed by atoms with Crippen LogP contribution in [0.2, 0.25) is 0 Å². The topological polar surface area (TPSA) is 9.23 Å². The van der Waals surface area contributed by atoms with E-state index in [0.29, 0.717) is 11.1 Å². The Hall–Kier alpha value is -0.640. The maximum atomic E-state index is 13.0. The lowest BCUT2D eigenvalue weighted by Gasteiger charge is -2.06. The van der Waals surface area contributed by atoms with Crippen molar-refractivity contribution in [1.29, 1.82) is 0 Å². The first-order valence-corrected chi connectivity index (χ1v) is 4.71. The summed E-state index contributed by atoms with van der Waals surface area (Å²) in [7, 11) is 0. The Kier molecular flexibility index (Phi) is 3.66. The molecule has 1 nitrogen and oxygen atoms in total. The van der Waals surface area contributed by atoms with Crippen molar-refractivity contribution in [1.82, 2.24) is 0 Å². The van der Waals surface area contributed by atoms with Crippen LogP contribution in [-0.4, -0.2) is 6.61 Å². The molecule has 0 fully saturated rings. The smallest absolute Gasteiger partial charge is 0.190 e. The van der Waals surface area contributed by atoms with Gasteiger partial charge in [0.25, 0.3) is 0 Å². The average Bonchev–Trinajstić information content (AvgIpc) is 2.02. The molecule has 0 spiro atoms. The minimum Gasteiger partial charge on any atom is -0.488 e. The SMILES string of the molecule is CCCOc1c(F)cc(Br)cc1F. The summed E-state index contributed by atoms with van der Waals surface area (Å²) < 4.78 is 31.3. The Morgan fingerprint density at radius 3 is 2.31 bits per heavy atom. The molecule has 0 radical (unpaired) electrons. The predicted octanol–water partition coefficient (Wildman–Crippen LogP) is 3.52. The fourth-order valence-electron chi connectivity index (χ4n) is 0.871. The number of hydrogen-bond donors (Lipinski definition) is 0. The van der Waals surface area contributed by atoms with Gasteiger partial charge in [-0.1, -0.05) is 22.9 Å². The summed E-state index contributed by atoms with van der Waals surface area (Å²) in [5.41, 5.74) is 0. The van der Waals surface area contributed by atoms with E-state index in [1.165, 1.54) is 12.1 Å². The Morgan fingerprint density at radius 2 is 1.85 bits per heavy atom. The van der Waals surface area contributed by atoms with Gasteiger partial charge in [0.2, 0.25) is 0 Å². The van der Waals surface area contributed by atoms with Crippen molar-refractivity contribution in [3.05, 3.63) is 28.2 Å². The Balaban J connectivity index is 2.92. The standard InChI is InChI=1S/C9H9BrF2O/c1-2-3-13-9-7(11)4-6(10)5-8(9)12/h4-5H,2-3H2,1H3. The second kappa shape index (κ2) is 4.56. The maximum Gasteiger partial charge on any atom is 0.190 e. The van der Waals surface area contributed by atoms with Gasteiger partial charge in [0, 0.05) is 4.47 Å². The van der Waals surface area contributed by atoms with Crippen molar-refractivity contribution in [2.24, 2.45) is 0 Å². The van der Waals surface area contributed by atoms with E-state index in [-0.39, 0.29) is 5.75 Å². The van der Waals surface area contributed by atoms with Crippen LogP contribution in [0.25, 0.3) is 0 Å². The first kappa shape index (κ1) is 10.4. The largest absolute Gasteiger partial charge is 0.488 e. The zero-order valence-electron chi connectivity index (χ0n) is 7.11. The molecule has 72 valence electrons. The van der Waals surface area contributed by atoms with Gasteiger partial charge in [-0.3, -0.25) is 0 Å².